The van der Waals surface area contributed by atoms with Crippen LogP contribution in [0.25, 0.3) is 0 Å². The lowest BCUT2D eigenvalue weighted by Crippen LogP contribution is -2.28. The van der Waals surface area contributed by atoms with E-state index in [9.17, 15) is 0 Å². The van der Waals surface area contributed by atoms with Gasteiger partial charge in [-0.3, -0.25) is 0 Å². The lowest BCUT2D eigenvalue weighted by atomic mass is 10.1. The van der Waals surface area contributed by atoms with Gasteiger partial charge in [-0.05, 0) is 33.2 Å². The first kappa shape index (κ1) is 16.9. The maximum absolute atomic E-state index is 4.72. The number of nitrogens with zero attached hydrogens (tertiary/aromatic N) is 2. The van der Waals surface area contributed by atoms with Gasteiger partial charge in [-0.15, -0.1) is 0 Å². The van der Waals surface area contributed by atoms with Gasteiger partial charge in [0.15, 0.2) is 0 Å². The van der Waals surface area contributed by atoms with Crippen molar-refractivity contribution in [3.05, 3.63) is 17.7 Å². The number of hydrogen-bond donors (Lipinski definition) is 2. The van der Waals surface area contributed by atoms with Gasteiger partial charge in [-0.2, -0.15) is 0 Å². The molecule has 0 saturated heterocycles. The first-order valence-corrected chi connectivity index (χ1v) is 7.53. The molecule has 1 rings (SSSR count). The molecule has 0 fully saturated rings. The zero-order chi connectivity index (χ0) is 15.3. The van der Waals surface area contributed by atoms with Crippen molar-refractivity contribution in [1.29, 1.82) is 0 Å². The molecule has 4 heteroatoms. The summed E-state index contributed by atoms with van der Waals surface area (Å²) in [5.41, 5.74) is 2.09. The van der Waals surface area contributed by atoms with Crippen LogP contribution in [0.3, 0.4) is 0 Å². The highest BCUT2D eigenvalue weighted by molar-refractivity contribution is 5.48. The predicted molar refractivity (Wildman–Crippen MR) is 86.0 cm³/mol. The Hall–Kier alpha value is -1.16. The molecule has 0 aliphatic heterocycles. The molecular weight excluding hydrogens is 248 g/mol. The van der Waals surface area contributed by atoms with Gasteiger partial charge in [-0.1, -0.05) is 27.7 Å². The third-order valence-electron chi connectivity index (χ3n) is 2.76. The second kappa shape index (κ2) is 7.02. The van der Waals surface area contributed by atoms with Crippen molar-refractivity contribution in [3.8, 4) is 0 Å². The topological polar surface area (TPSA) is 49.8 Å². The summed E-state index contributed by atoms with van der Waals surface area (Å²) in [5.74, 6) is 1.90. The molecular formula is C16H30N4. The van der Waals surface area contributed by atoms with Crippen LogP contribution in [0, 0.1) is 5.92 Å². The van der Waals surface area contributed by atoms with Crippen LogP contribution in [0.2, 0.25) is 0 Å². The van der Waals surface area contributed by atoms with Gasteiger partial charge in [0.25, 0.3) is 0 Å². The molecule has 4 nitrogen and oxygen atoms in total. The fourth-order valence-electron chi connectivity index (χ4n) is 1.83. The second-order valence-electron chi connectivity index (χ2n) is 7.14. The van der Waals surface area contributed by atoms with Crippen molar-refractivity contribution in [3.63, 3.8) is 0 Å². The first-order valence-electron chi connectivity index (χ1n) is 7.53. The van der Waals surface area contributed by atoms with E-state index in [1.165, 1.54) is 0 Å². The molecule has 0 aromatic carbocycles. The van der Waals surface area contributed by atoms with E-state index in [1.54, 1.807) is 0 Å². The van der Waals surface area contributed by atoms with Gasteiger partial charge in [0.05, 0.1) is 17.6 Å². The average Bonchev–Trinajstić information content (AvgIpc) is 2.28. The number of anilines is 1. The third kappa shape index (κ3) is 5.87. The molecule has 0 atom stereocenters. The largest absolute Gasteiger partial charge is 0.378 e. The van der Waals surface area contributed by atoms with E-state index in [1.807, 2.05) is 6.20 Å². The molecule has 1 aromatic heterocycles. The van der Waals surface area contributed by atoms with Crippen LogP contribution in [0.4, 0.5) is 5.69 Å². The summed E-state index contributed by atoms with van der Waals surface area (Å²) in [5, 5.41) is 6.95. The summed E-state index contributed by atoms with van der Waals surface area (Å²) in [6, 6.07) is 0. The van der Waals surface area contributed by atoms with Crippen molar-refractivity contribution in [2.45, 2.75) is 66.5 Å². The minimum absolute atomic E-state index is 0.00943. The van der Waals surface area contributed by atoms with Crippen molar-refractivity contribution >= 4 is 5.69 Å². The van der Waals surface area contributed by atoms with E-state index < -0.39 is 0 Å². The van der Waals surface area contributed by atoms with Gasteiger partial charge in [-0.25, -0.2) is 9.97 Å². The number of nitrogens with one attached hydrogen (secondary N) is 2. The van der Waals surface area contributed by atoms with Crippen molar-refractivity contribution < 1.29 is 0 Å². The second-order valence-corrected chi connectivity index (χ2v) is 7.14. The summed E-state index contributed by atoms with van der Waals surface area (Å²) in [6.07, 6.45) is 1.92. The summed E-state index contributed by atoms with van der Waals surface area (Å²) < 4.78 is 0. The molecule has 0 bridgehead atoms. The highest BCUT2D eigenvalue weighted by Crippen LogP contribution is 2.20. The van der Waals surface area contributed by atoms with Crippen molar-refractivity contribution in [2.75, 3.05) is 11.9 Å². The quantitative estimate of drug-likeness (QED) is 0.835. The molecule has 0 radical (unpaired) electrons. The Morgan fingerprint density at radius 3 is 2.30 bits per heavy atom. The zero-order valence-corrected chi connectivity index (χ0v) is 14.0. The summed E-state index contributed by atoms with van der Waals surface area (Å²) in [6.45, 7) is 16.9. The normalized spacial score (nSPS) is 12.2. The summed E-state index contributed by atoms with van der Waals surface area (Å²) >= 11 is 0. The van der Waals surface area contributed by atoms with E-state index in [2.05, 4.69) is 64.1 Å². The Morgan fingerprint density at radius 1 is 1.15 bits per heavy atom. The monoisotopic (exact) mass is 278 g/mol. The number of aromatic nitrogens is 2. The highest BCUT2D eigenvalue weighted by atomic mass is 15.0. The fourth-order valence-corrected chi connectivity index (χ4v) is 1.83. The Kier molecular flexibility index (Phi) is 5.93. The molecule has 0 spiro atoms. The zero-order valence-electron chi connectivity index (χ0n) is 14.0. The van der Waals surface area contributed by atoms with Crippen LogP contribution in [-0.4, -0.2) is 22.1 Å². The van der Waals surface area contributed by atoms with E-state index in [0.29, 0.717) is 11.8 Å². The standard InChI is InChI=1S/C16H30N4/c1-11(2)8-17-9-13-14(20-16(5,6)7)10-18-15(19-13)12(3)4/h10-12,17,20H,8-9H2,1-7H3. The van der Waals surface area contributed by atoms with Gasteiger partial charge in [0.2, 0.25) is 0 Å². The van der Waals surface area contributed by atoms with Crippen molar-refractivity contribution in [1.82, 2.24) is 15.3 Å². The minimum atomic E-state index is 0.00943. The molecule has 1 heterocycles. The van der Waals surface area contributed by atoms with Crippen LogP contribution in [0.1, 0.15) is 65.9 Å². The van der Waals surface area contributed by atoms with Crippen molar-refractivity contribution in [2.24, 2.45) is 5.92 Å². The van der Waals surface area contributed by atoms with Crippen LogP contribution in [0.15, 0.2) is 6.20 Å². The molecule has 114 valence electrons. The molecule has 0 aliphatic rings. The Balaban J connectivity index is 2.91. The third-order valence-corrected chi connectivity index (χ3v) is 2.76. The molecule has 1 aromatic rings. The van der Waals surface area contributed by atoms with E-state index in [0.717, 1.165) is 30.3 Å². The number of hydrogen-bond acceptors (Lipinski definition) is 4. The molecule has 0 saturated carbocycles. The molecule has 0 unspecified atom stereocenters. The Morgan fingerprint density at radius 2 is 1.80 bits per heavy atom. The highest BCUT2D eigenvalue weighted by Gasteiger charge is 2.15. The Bertz CT molecular complexity index is 419. The molecule has 2 N–H and O–H groups in total. The Labute approximate surface area is 123 Å². The summed E-state index contributed by atoms with van der Waals surface area (Å²) in [4.78, 5) is 9.18. The fraction of sp³-hybridized carbons (Fsp3) is 0.750. The smallest absolute Gasteiger partial charge is 0.131 e. The minimum Gasteiger partial charge on any atom is -0.378 e. The van der Waals surface area contributed by atoms with Crippen LogP contribution in [0.5, 0.6) is 0 Å². The summed E-state index contributed by atoms with van der Waals surface area (Å²) in [7, 11) is 0. The lowest BCUT2D eigenvalue weighted by Gasteiger charge is -2.24. The van der Waals surface area contributed by atoms with Gasteiger partial charge < -0.3 is 10.6 Å². The van der Waals surface area contributed by atoms with E-state index >= 15 is 0 Å². The lowest BCUT2D eigenvalue weighted by molar-refractivity contribution is 0.545. The van der Waals surface area contributed by atoms with E-state index in [4.69, 9.17) is 4.98 Å². The van der Waals surface area contributed by atoms with Gasteiger partial charge in [0.1, 0.15) is 5.82 Å². The maximum atomic E-state index is 4.72. The first-order chi connectivity index (χ1) is 9.19. The molecule has 0 aliphatic carbocycles. The van der Waals surface area contributed by atoms with Gasteiger partial charge >= 0.3 is 0 Å². The van der Waals surface area contributed by atoms with E-state index in [-0.39, 0.29) is 5.54 Å². The average molecular weight is 278 g/mol. The number of rotatable bonds is 6. The predicted octanol–water partition coefficient (Wildman–Crippen LogP) is 3.56. The van der Waals surface area contributed by atoms with Gasteiger partial charge in [0, 0.05) is 18.0 Å². The molecule has 0 amide bonds. The molecule has 20 heavy (non-hydrogen) atoms. The van der Waals surface area contributed by atoms with Crippen LogP contribution in [-0.2, 0) is 6.54 Å². The van der Waals surface area contributed by atoms with Crippen LogP contribution < -0.4 is 10.6 Å². The maximum Gasteiger partial charge on any atom is 0.131 e. The SMILES string of the molecule is CC(C)CNCc1nc(C(C)C)ncc1NC(C)(C)C. The van der Waals surface area contributed by atoms with Crippen LogP contribution >= 0.6 is 0 Å².